The van der Waals surface area contributed by atoms with Gasteiger partial charge < -0.3 is 15.1 Å². The number of carbonyl (C=O) groups excluding carboxylic acids is 1. The highest BCUT2D eigenvalue weighted by atomic mass is 16.1. The highest BCUT2D eigenvalue weighted by Crippen LogP contribution is 2.26. The first-order valence-electron chi connectivity index (χ1n) is 10.00. The minimum absolute atomic E-state index is 0.0583. The molecule has 1 fully saturated rings. The van der Waals surface area contributed by atoms with E-state index in [-0.39, 0.29) is 5.91 Å². The number of hydrogen-bond acceptors (Lipinski definition) is 4. The van der Waals surface area contributed by atoms with E-state index in [0.29, 0.717) is 18.2 Å². The van der Waals surface area contributed by atoms with E-state index in [9.17, 15) is 4.79 Å². The van der Waals surface area contributed by atoms with Crippen molar-refractivity contribution in [1.82, 2.24) is 24.9 Å². The summed E-state index contributed by atoms with van der Waals surface area (Å²) in [4.78, 5) is 17.2. The number of carbonyl (C=O) groups is 1. The molecule has 0 aliphatic carbocycles. The van der Waals surface area contributed by atoms with Crippen molar-refractivity contribution in [3.05, 3.63) is 53.3 Å². The molecule has 1 saturated heterocycles. The lowest BCUT2D eigenvalue weighted by atomic mass is 9.99. The summed E-state index contributed by atoms with van der Waals surface area (Å²) in [5.74, 6) is 0.555. The second-order valence-electron chi connectivity index (χ2n) is 7.79. The molecule has 2 aliphatic rings. The van der Waals surface area contributed by atoms with Gasteiger partial charge >= 0.3 is 0 Å². The first-order chi connectivity index (χ1) is 13.2. The Balaban J connectivity index is 1.25. The van der Waals surface area contributed by atoms with Crippen molar-refractivity contribution in [2.45, 2.75) is 31.8 Å². The quantitative estimate of drug-likeness (QED) is 0.878. The van der Waals surface area contributed by atoms with Crippen LogP contribution < -0.4 is 5.32 Å². The predicted octanol–water partition coefficient (Wildman–Crippen LogP) is 1.94. The maximum atomic E-state index is 12.5. The highest BCUT2D eigenvalue weighted by molar-refractivity contribution is 5.92. The van der Waals surface area contributed by atoms with Crippen LogP contribution in [0, 0.1) is 0 Å². The van der Waals surface area contributed by atoms with Crippen molar-refractivity contribution >= 4 is 5.91 Å². The molecule has 1 aromatic carbocycles. The Morgan fingerprint density at radius 3 is 2.93 bits per heavy atom. The van der Waals surface area contributed by atoms with Crippen LogP contribution in [0.25, 0.3) is 0 Å². The van der Waals surface area contributed by atoms with Gasteiger partial charge in [-0.2, -0.15) is 5.10 Å². The van der Waals surface area contributed by atoms with Crippen LogP contribution in [0.2, 0.25) is 0 Å². The van der Waals surface area contributed by atoms with Gasteiger partial charge in [-0.25, -0.2) is 0 Å². The van der Waals surface area contributed by atoms with E-state index in [2.05, 4.69) is 57.6 Å². The number of aromatic nitrogens is 2. The molecule has 1 atom stereocenters. The zero-order valence-electron chi connectivity index (χ0n) is 16.1. The molecule has 4 rings (SSSR count). The number of rotatable bonds is 5. The van der Waals surface area contributed by atoms with Crippen molar-refractivity contribution in [1.29, 1.82) is 0 Å². The molecule has 0 radical (unpaired) electrons. The summed E-state index contributed by atoms with van der Waals surface area (Å²) in [6, 6.07) is 12.7. The van der Waals surface area contributed by atoms with Crippen molar-refractivity contribution in [3.8, 4) is 0 Å². The molecular formula is C21H29N5O. The Morgan fingerprint density at radius 1 is 1.22 bits per heavy atom. The number of nitrogens with zero attached hydrogens (tertiary/aromatic N) is 4. The molecule has 0 unspecified atom stereocenters. The maximum absolute atomic E-state index is 12.5. The molecule has 2 aromatic rings. The lowest BCUT2D eigenvalue weighted by molar-refractivity contribution is 0.0943. The summed E-state index contributed by atoms with van der Waals surface area (Å²) < 4.78 is 1.99. The summed E-state index contributed by atoms with van der Waals surface area (Å²) in [6.45, 7) is 6.56. The minimum atomic E-state index is -0.0583. The first kappa shape index (κ1) is 18.2. The molecule has 0 saturated carbocycles. The van der Waals surface area contributed by atoms with Crippen molar-refractivity contribution < 1.29 is 4.79 Å². The van der Waals surface area contributed by atoms with E-state index in [4.69, 9.17) is 0 Å². The van der Waals surface area contributed by atoms with Crippen LogP contribution in [-0.4, -0.2) is 65.3 Å². The van der Waals surface area contributed by atoms with Gasteiger partial charge in [-0.3, -0.25) is 9.48 Å². The van der Waals surface area contributed by atoms with Gasteiger partial charge in [0, 0.05) is 39.3 Å². The molecule has 1 amide bonds. The van der Waals surface area contributed by atoms with Gasteiger partial charge in [-0.05, 0) is 44.0 Å². The minimum Gasteiger partial charge on any atom is -0.349 e. The van der Waals surface area contributed by atoms with Gasteiger partial charge in [0.2, 0.25) is 0 Å². The Bertz CT molecular complexity index is 772. The third-order valence-corrected chi connectivity index (χ3v) is 5.69. The number of aryl methyl sites for hydroxylation is 1. The third kappa shape index (κ3) is 4.39. The topological polar surface area (TPSA) is 53.4 Å². The fourth-order valence-corrected chi connectivity index (χ4v) is 4.18. The van der Waals surface area contributed by atoms with Crippen molar-refractivity contribution in [2.24, 2.45) is 0 Å². The molecule has 6 heteroatoms. The summed E-state index contributed by atoms with van der Waals surface area (Å²) in [6.07, 6.45) is 2.27. The molecule has 0 bridgehead atoms. The average Bonchev–Trinajstić information content (AvgIpc) is 3.26. The summed E-state index contributed by atoms with van der Waals surface area (Å²) in [5, 5.41) is 7.56. The third-order valence-electron chi connectivity index (χ3n) is 5.69. The normalized spacial score (nSPS) is 21.0. The van der Waals surface area contributed by atoms with Crippen LogP contribution in [0.3, 0.4) is 0 Å². The van der Waals surface area contributed by atoms with Gasteiger partial charge in [0.15, 0.2) is 0 Å². The second kappa shape index (κ2) is 8.23. The van der Waals surface area contributed by atoms with Crippen molar-refractivity contribution in [2.75, 3.05) is 39.8 Å². The molecule has 1 N–H and O–H groups in total. The van der Waals surface area contributed by atoms with Crippen molar-refractivity contribution in [3.63, 3.8) is 0 Å². The van der Waals surface area contributed by atoms with Gasteiger partial charge in [-0.1, -0.05) is 30.3 Å². The van der Waals surface area contributed by atoms with Crippen LogP contribution >= 0.6 is 0 Å². The molecule has 1 aromatic heterocycles. The van der Waals surface area contributed by atoms with Crippen LogP contribution in [0.1, 0.15) is 40.5 Å². The summed E-state index contributed by atoms with van der Waals surface area (Å²) >= 11 is 0. The van der Waals surface area contributed by atoms with Gasteiger partial charge in [-0.15, -0.1) is 0 Å². The number of benzene rings is 1. The largest absolute Gasteiger partial charge is 0.349 e. The van der Waals surface area contributed by atoms with E-state index >= 15 is 0 Å². The number of nitrogens with one attached hydrogen (secondary N) is 1. The van der Waals surface area contributed by atoms with E-state index in [1.165, 1.54) is 12.0 Å². The van der Waals surface area contributed by atoms with Gasteiger partial charge in [0.1, 0.15) is 5.69 Å². The lowest BCUT2D eigenvalue weighted by Gasteiger charge is -2.16. The van der Waals surface area contributed by atoms with E-state index in [1.807, 2.05) is 10.7 Å². The zero-order chi connectivity index (χ0) is 18.6. The number of likely N-dealkylation sites (tertiary alicyclic amines) is 1. The zero-order valence-corrected chi connectivity index (χ0v) is 16.1. The summed E-state index contributed by atoms with van der Waals surface area (Å²) in [7, 11) is 2.11. The predicted molar refractivity (Wildman–Crippen MR) is 106 cm³/mol. The summed E-state index contributed by atoms with van der Waals surface area (Å²) in [5.41, 5.74) is 3.10. The Kier molecular flexibility index (Phi) is 5.55. The highest BCUT2D eigenvalue weighted by Gasteiger charge is 2.23. The number of hydrogen-bond donors (Lipinski definition) is 1. The fraction of sp³-hybridized carbons (Fsp3) is 0.524. The molecule has 6 nitrogen and oxygen atoms in total. The molecule has 27 heavy (non-hydrogen) atoms. The fourth-order valence-electron chi connectivity index (χ4n) is 4.18. The molecule has 0 spiro atoms. The Hall–Kier alpha value is -2.18. The van der Waals surface area contributed by atoms with E-state index in [0.717, 1.165) is 51.4 Å². The van der Waals surface area contributed by atoms with Gasteiger partial charge in [0.05, 0.1) is 5.69 Å². The monoisotopic (exact) mass is 367 g/mol. The van der Waals surface area contributed by atoms with Crippen LogP contribution in [0.15, 0.2) is 36.4 Å². The van der Waals surface area contributed by atoms with Crippen LogP contribution in [0.4, 0.5) is 0 Å². The molecule has 3 heterocycles. The molecule has 2 aliphatic heterocycles. The Labute approximate surface area is 161 Å². The smallest absolute Gasteiger partial charge is 0.271 e. The van der Waals surface area contributed by atoms with E-state index in [1.54, 1.807) is 0 Å². The van der Waals surface area contributed by atoms with Crippen LogP contribution in [0.5, 0.6) is 0 Å². The molecular weight excluding hydrogens is 338 g/mol. The lowest BCUT2D eigenvalue weighted by Crippen LogP contribution is -2.34. The second-order valence-corrected chi connectivity index (χ2v) is 7.79. The number of fused-ring (bicyclic) bond motifs is 1. The van der Waals surface area contributed by atoms with Gasteiger partial charge in [0.25, 0.3) is 5.91 Å². The average molecular weight is 367 g/mol. The first-order valence-corrected chi connectivity index (χ1v) is 10.00. The Morgan fingerprint density at radius 2 is 2.07 bits per heavy atom. The van der Waals surface area contributed by atoms with E-state index < -0.39 is 0 Å². The number of amides is 1. The maximum Gasteiger partial charge on any atom is 0.271 e. The van der Waals surface area contributed by atoms with Crippen LogP contribution in [-0.2, 0) is 13.1 Å². The molecule has 144 valence electrons. The SMILES string of the molecule is CN1CCCn2nc(C(=O)NCCN3CC[C@@H](c4ccccc4)C3)cc2C1. The standard InChI is InChI=1S/C21H29N5O/c1-24-10-5-11-26-19(16-24)14-20(23-26)21(27)22-9-13-25-12-8-18(15-25)17-6-3-2-4-7-17/h2-4,6-7,14,18H,5,8-13,15-16H2,1H3,(H,22,27)/t18-/m1/s1.